The Hall–Kier alpha value is -2.68. The van der Waals surface area contributed by atoms with Crippen LogP contribution >= 0.6 is 11.5 Å². The molecule has 8 nitrogen and oxygen atoms in total. The standard InChI is InChI=1S/C17H21N3O5S/c1-7-11(16(22)24-6)8(2)19-13(7)14(21)10(4)25-17(23)12-9(3)20-26-15(12)18-5/h10,18-19H,1-6H3. The molecule has 0 aliphatic heterocycles. The van der Waals surface area contributed by atoms with Crippen LogP contribution in [-0.2, 0) is 9.47 Å². The van der Waals surface area contributed by atoms with E-state index in [4.69, 9.17) is 9.47 Å². The van der Waals surface area contributed by atoms with Crippen molar-refractivity contribution in [1.29, 1.82) is 0 Å². The maximum absolute atomic E-state index is 12.7. The second kappa shape index (κ2) is 7.69. The number of anilines is 1. The number of Topliss-reactive ketones (excluding diaryl/α,β-unsaturated/α-hetero) is 1. The molecular formula is C17H21N3O5S. The van der Waals surface area contributed by atoms with E-state index in [1.165, 1.54) is 14.0 Å². The fourth-order valence-electron chi connectivity index (χ4n) is 2.66. The van der Waals surface area contributed by atoms with Crippen molar-refractivity contribution in [2.24, 2.45) is 0 Å². The number of carbonyl (C=O) groups is 3. The number of hydrogen-bond acceptors (Lipinski definition) is 8. The number of rotatable bonds is 6. The summed E-state index contributed by atoms with van der Waals surface area (Å²) in [6.45, 7) is 6.50. The number of nitrogens with one attached hydrogen (secondary N) is 2. The van der Waals surface area contributed by atoms with Crippen molar-refractivity contribution >= 4 is 34.3 Å². The summed E-state index contributed by atoms with van der Waals surface area (Å²) in [5.74, 6) is -1.59. The van der Waals surface area contributed by atoms with Gasteiger partial charge >= 0.3 is 11.9 Å². The van der Waals surface area contributed by atoms with E-state index < -0.39 is 23.8 Å². The highest BCUT2D eigenvalue weighted by Crippen LogP contribution is 2.26. The maximum atomic E-state index is 12.7. The van der Waals surface area contributed by atoms with E-state index in [0.29, 0.717) is 33.1 Å². The Bertz CT molecular complexity index is 868. The van der Waals surface area contributed by atoms with Crippen molar-refractivity contribution < 1.29 is 23.9 Å². The van der Waals surface area contributed by atoms with Gasteiger partial charge in [-0.15, -0.1) is 0 Å². The highest BCUT2D eigenvalue weighted by atomic mass is 32.1. The lowest BCUT2D eigenvalue weighted by Crippen LogP contribution is -2.26. The summed E-state index contributed by atoms with van der Waals surface area (Å²) in [6, 6.07) is 0. The lowest BCUT2D eigenvalue weighted by atomic mass is 10.1. The minimum Gasteiger partial charge on any atom is -0.465 e. The van der Waals surface area contributed by atoms with Crippen LogP contribution in [0, 0.1) is 20.8 Å². The molecule has 0 aliphatic rings. The van der Waals surface area contributed by atoms with Crippen LogP contribution in [0.15, 0.2) is 0 Å². The van der Waals surface area contributed by atoms with Gasteiger partial charge in [-0.2, -0.15) is 4.37 Å². The monoisotopic (exact) mass is 379 g/mol. The molecule has 0 aromatic carbocycles. The van der Waals surface area contributed by atoms with Gasteiger partial charge in [0.05, 0.1) is 24.1 Å². The average Bonchev–Trinajstić information content (AvgIpc) is 3.12. The maximum Gasteiger partial charge on any atom is 0.343 e. The van der Waals surface area contributed by atoms with Gasteiger partial charge in [0.15, 0.2) is 6.10 Å². The Morgan fingerprint density at radius 3 is 2.38 bits per heavy atom. The van der Waals surface area contributed by atoms with Gasteiger partial charge in [0.1, 0.15) is 10.6 Å². The highest BCUT2D eigenvalue weighted by Gasteiger charge is 2.29. The highest BCUT2D eigenvalue weighted by molar-refractivity contribution is 7.10. The van der Waals surface area contributed by atoms with Gasteiger partial charge < -0.3 is 19.8 Å². The quantitative estimate of drug-likeness (QED) is 0.586. The summed E-state index contributed by atoms with van der Waals surface area (Å²) in [5.41, 5.74) is 2.36. The first-order valence-electron chi connectivity index (χ1n) is 7.89. The molecule has 0 amide bonds. The predicted molar refractivity (Wildman–Crippen MR) is 97.2 cm³/mol. The molecule has 2 N–H and O–H groups in total. The Balaban J connectivity index is 2.24. The van der Waals surface area contributed by atoms with E-state index in [2.05, 4.69) is 14.7 Å². The summed E-state index contributed by atoms with van der Waals surface area (Å²) < 4.78 is 14.2. The number of carbonyl (C=O) groups excluding carboxylic acids is 3. The summed E-state index contributed by atoms with van der Waals surface area (Å²) in [6.07, 6.45) is -1.03. The molecule has 1 unspecified atom stereocenters. The molecule has 0 saturated carbocycles. The van der Waals surface area contributed by atoms with Crippen LogP contribution < -0.4 is 5.32 Å². The number of aromatic nitrogens is 2. The Kier molecular flexibility index (Phi) is 5.81. The normalized spacial score (nSPS) is 11.8. The van der Waals surface area contributed by atoms with E-state index in [1.807, 2.05) is 0 Å². The van der Waals surface area contributed by atoms with E-state index in [1.54, 1.807) is 27.8 Å². The van der Waals surface area contributed by atoms with Crippen LogP contribution in [0.25, 0.3) is 0 Å². The zero-order valence-corrected chi connectivity index (χ0v) is 16.3. The number of aryl methyl sites for hydroxylation is 2. The molecule has 140 valence electrons. The number of methoxy groups -OCH3 is 1. The van der Waals surface area contributed by atoms with E-state index in [9.17, 15) is 14.4 Å². The topological polar surface area (TPSA) is 110 Å². The van der Waals surface area contributed by atoms with Crippen molar-refractivity contribution in [2.75, 3.05) is 19.5 Å². The van der Waals surface area contributed by atoms with Crippen molar-refractivity contribution in [1.82, 2.24) is 9.36 Å². The van der Waals surface area contributed by atoms with Crippen LogP contribution in [0.5, 0.6) is 0 Å². The first-order chi connectivity index (χ1) is 12.2. The molecule has 0 fully saturated rings. The molecule has 0 spiro atoms. The molecule has 1 atom stereocenters. The van der Waals surface area contributed by atoms with Gasteiger partial charge in [-0.3, -0.25) is 4.79 Å². The van der Waals surface area contributed by atoms with Crippen LogP contribution in [-0.4, -0.2) is 47.3 Å². The molecule has 2 aromatic heterocycles. The van der Waals surface area contributed by atoms with Crippen molar-refractivity contribution in [3.05, 3.63) is 33.8 Å². The number of aromatic amines is 1. The summed E-state index contributed by atoms with van der Waals surface area (Å²) in [7, 11) is 2.95. The average molecular weight is 379 g/mol. The molecule has 2 rings (SSSR count). The molecule has 9 heteroatoms. The van der Waals surface area contributed by atoms with Crippen LogP contribution in [0.1, 0.15) is 55.1 Å². The fraction of sp³-hybridized carbons (Fsp3) is 0.412. The van der Waals surface area contributed by atoms with Gasteiger partial charge in [0, 0.05) is 12.7 Å². The van der Waals surface area contributed by atoms with Crippen molar-refractivity contribution in [3.8, 4) is 0 Å². The van der Waals surface area contributed by atoms with Gasteiger partial charge in [0.25, 0.3) is 0 Å². The smallest absolute Gasteiger partial charge is 0.343 e. The third kappa shape index (κ3) is 3.48. The zero-order valence-electron chi connectivity index (χ0n) is 15.5. The fourth-order valence-corrected chi connectivity index (χ4v) is 3.39. The second-order valence-electron chi connectivity index (χ2n) is 5.75. The van der Waals surface area contributed by atoms with E-state index >= 15 is 0 Å². The predicted octanol–water partition coefficient (Wildman–Crippen LogP) is 2.65. The molecule has 2 heterocycles. The lowest BCUT2D eigenvalue weighted by molar-refractivity contribution is 0.0317. The first-order valence-corrected chi connectivity index (χ1v) is 8.66. The molecule has 2 aromatic rings. The number of ether oxygens (including phenoxy) is 2. The number of hydrogen-bond donors (Lipinski definition) is 2. The number of esters is 2. The van der Waals surface area contributed by atoms with Crippen molar-refractivity contribution in [3.63, 3.8) is 0 Å². The third-order valence-electron chi connectivity index (χ3n) is 4.02. The van der Waals surface area contributed by atoms with Gasteiger partial charge in [-0.05, 0) is 44.8 Å². The second-order valence-corrected chi connectivity index (χ2v) is 6.52. The number of ketones is 1. The zero-order chi connectivity index (χ0) is 19.6. The Labute approximate surface area is 155 Å². The van der Waals surface area contributed by atoms with E-state index in [0.717, 1.165) is 11.5 Å². The summed E-state index contributed by atoms with van der Waals surface area (Å²) >= 11 is 1.15. The molecule has 0 saturated heterocycles. The minimum atomic E-state index is -1.03. The molecule has 26 heavy (non-hydrogen) atoms. The van der Waals surface area contributed by atoms with Crippen LogP contribution in [0.3, 0.4) is 0 Å². The summed E-state index contributed by atoms with van der Waals surface area (Å²) in [5, 5.41) is 3.46. The molecule has 0 aliphatic carbocycles. The minimum absolute atomic E-state index is 0.220. The Morgan fingerprint density at radius 1 is 1.15 bits per heavy atom. The van der Waals surface area contributed by atoms with E-state index in [-0.39, 0.29) is 5.69 Å². The largest absolute Gasteiger partial charge is 0.465 e. The molecule has 0 bridgehead atoms. The van der Waals surface area contributed by atoms with Crippen LogP contribution in [0.2, 0.25) is 0 Å². The Morgan fingerprint density at radius 2 is 1.81 bits per heavy atom. The third-order valence-corrected chi connectivity index (χ3v) is 4.98. The first kappa shape index (κ1) is 19.6. The summed E-state index contributed by atoms with van der Waals surface area (Å²) in [4.78, 5) is 39.9. The van der Waals surface area contributed by atoms with Gasteiger partial charge in [-0.25, -0.2) is 9.59 Å². The van der Waals surface area contributed by atoms with Crippen LogP contribution in [0.4, 0.5) is 5.00 Å². The van der Waals surface area contributed by atoms with Gasteiger partial charge in [-0.1, -0.05) is 0 Å². The van der Waals surface area contributed by atoms with Crippen molar-refractivity contribution in [2.45, 2.75) is 33.8 Å². The lowest BCUT2D eigenvalue weighted by Gasteiger charge is -2.12. The SMILES string of the molecule is CNc1snc(C)c1C(=O)OC(C)C(=O)c1[nH]c(C)c(C(=O)OC)c1C. The number of nitrogens with zero attached hydrogens (tertiary/aromatic N) is 1. The number of H-pyrrole nitrogens is 1. The molecule has 0 radical (unpaired) electrons. The van der Waals surface area contributed by atoms with Gasteiger partial charge in [0.2, 0.25) is 5.78 Å². The molecular weight excluding hydrogens is 358 g/mol.